The van der Waals surface area contributed by atoms with Crippen molar-refractivity contribution < 1.29 is 19.9 Å². The number of hydrogen-bond donors (Lipinski definition) is 2. The number of Topliss-reactive ketones (excluding diaryl/α,β-unsaturated/α-hetero) is 1. The first-order chi connectivity index (χ1) is 9.09. The fourth-order valence-electron chi connectivity index (χ4n) is 2.51. The Bertz CT molecular complexity index is 695. The molecule has 1 aliphatic rings. The fraction of sp³-hybridized carbons (Fsp3) is 0.143. The summed E-state index contributed by atoms with van der Waals surface area (Å²) < 4.78 is 0. The van der Waals surface area contributed by atoms with Crippen molar-refractivity contribution in [2.45, 2.75) is 12.5 Å². The van der Waals surface area contributed by atoms with Gasteiger partial charge in [0.15, 0.2) is 5.78 Å². The molecule has 1 heterocycles. The Kier molecular flexibility index (Phi) is 2.50. The fourth-order valence-corrected chi connectivity index (χ4v) is 2.51. The molecule has 5 nitrogen and oxygen atoms in total. The zero-order valence-corrected chi connectivity index (χ0v) is 9.91. The summed E-state index contributed by atoms with van der Waals surface area (Å²) in [4.78, 5) is 22.9. The predicted octanol–water partition coefficient (Wildman–Crippen LogP) is 1.61. The van der Waals surface area contributed by atoms with E-state index < -0.39 is 17.8 Å². The zero-order chi connectivity index (χ0) is 13.6. The minimum Gasteiger partial charge on any atom is -0.479 e. The number of rotatable bonds is 1. The molecular formula is C14H11NO4. The Morgan fingerprint density at radius 1 is 1.21 bits per heavy atom. The Morgan fingerprint density at radius 3 is 2.68 bits per heavy atom. The first kappa shape index (κ1) is 11.7. The van der Waals surface area contributed by atoms with E-state index in [4.69, 9.17) is 5.11 Å². The molecule has 19 heavy (non-hydrogen) atoms. The number of fused-ring (bicyclic) bond motifs is 3. The second-order valence-corrected chi connectivity index (χ2v) is 4.51. The normalized spacial score (nSPS) is 18.5. The molecular weight excluding hydrogens is 246 g/mol. The van der Waals surface area contributed by atoms with Crippen LogP contribution in [0.1, 0.15) is 5.56 Å². The van der Waals surface area contributed by atoms with Gasteiger partial charge < -0.3 is 5.11 Å². The summed E-state index contributed by atoms with van der Waals surface area (Å²) in [6, 6.07) is 9.41. The third kappa shape index (κ3) is 1.67. The molecule has 0 radical (unpaired) electrons. The second kappa shape index (κ2) is 4.07. The zero-order valence-electron chi connectivity index (χ0n) is 9.91. The SMILES string of the molecule is O=C(O)C1C(=O)Cc2c(ccc3ccccc23)N1O. The average Bonchev–Trinajstić information content (AvgIpc) is 2.38. The molecule has 1 unspecified atom stereocenters. The molecule has 0 fully saturated rings. The van der Waals surface area contributed by atoms with Gasteiger partial charge in [0, 0.05) is 6.42 Å². The Morgan fingerprint density at radius 2 is 1.95 bits per heavy atom. The van der Waals surface area contributed by atoms with E-state index in [-0.39, 0.29) is 6.42 Å². The van der Waals surface area contributed by atoms with Gasteiger partial charge in [0.05, 0.1) is 5.69 Å². The van der Waals surface area contributed by atoms with E-state index in [1.807, 2.05) is 24.3 Å². The largest absolute Gasteiger partial charge is 0.479 e. The van der Waals surface area contributed by atoms with Crippen LogP contribution in [-0.2, 0) is 16.0 Å². The molecule has 0 bridgehead atoms. The number of hydrogen-bond acceptors (Lipinski definition) is 4. The smallest absolute Gasteiger partial charge is 0.336 e. The third-order valence-corrected chi connectivity index (χ3v) is 3.40. The number of carboxylic acid groups (broad SMARTS) is 1. The monoisotopic (exact) mass is 257 g/mol. The first-order valence-electron chi connectivity index (χ1n) is 5.84. The van der Waals surface area contributed by atoms with Crippen molar-refractivity contribution >= 4 is 28.2 Å². The highest BCUT2D eigenvalue weighted by atomic mass is 16.5. The van der Waals surface area contributed by atoms with E-state index in [1.54, 1.807) is 12.1 Å². The van der Waals surface area contributed by atoms with Crippen LogP contribution in [-0.4, -0.2) is 28.1 Å². The van der Waals surface area contributed by atoms with Crippen LogP contribution >= 0.6 is 0 Å². The second-order valence-electron chi connectivity index (χ2n) is 4.51. The van der Waals surface area contributed by atoms with Gasteiger partial charge in [-0.2, -0.15) is 0 Å². The number of carbonyl (C=O) groups excluding carboxylic acids is 1. The highest BCUT2D eigenvalue weighted by molar-refractivity contribution is 6.10. The summed E-state index contributed by atoms with van der Waals surface area (Å²) in [7, 11) is 0. The van der Waals surface area contributed by atoms with Crippen molar-refractivity contribution in [3.8, 4) is 0 Å². The molecule has 96 valence electrons. The maximum Gasteiger partial charge on any atom is 0.336 e. The highest BCUT2D eigenvalue weighted by Gasteiger charge is 2.38. The van der Waals surface area contributed by atoms with Gasteiger partial charge >= 0.3 is 5.97 Å². The minimum absolute atomic E-state index is 0.0186. The lowest BCUT2D eigenvalue weighted by molar-refractivity contribution is -0.144. The quantitative estimate of drug-likeness (QED) is 0.759. The van der Waals surface area contributed by atoms with Gasteiger partial charge in [0.2, 0.25) is 6.04 Å². The summed E-state index contributed by atoms with van der Waals surface area (Å²) in [5.74, 6) is -1.86. The van der Waals surface area contributed by atoms with Crippen LogP contribution in [0.15, 0.2) is 36.4 Å². The molecule has 5 heteroatoms. The van der Waals surface area contributed by atoms with Gasteiger partial charge in [-0.15, -0.1) is 0 Å². The number of aliphatic carboxylic acids is 1. The topological polar surface area (TPSA) is 77.8 Å². The predicted molar refractivity (Wildman–Crippen MR) is 68.3 cm³/mol. The van der Waals surface area contributed by atoms with Gasteiger partial charge in [-0.3, -0.25) is 10.0 Å². The number of hydroxylamine groups is 1. The number of carbonyl (C=O) groups is 2. The molecule has 1 aliphatic heterocycles. The molecule has 0 saturated carbocycles. The lowest BCUT2D eigenvalue weighted by Crippen LogP contribution is -2.49. The summed E-state index contributed by atoms with van der Waals surface area (Å²) in [5.41, 5.74) is 1.05. The van der Waals surface area contributed by atoms with Crippen molar-refractivity contribution in [1.82, 2.24) is 0 Å². The molecule has 0 spiro atoms. The number of ketones is 1. The van der Waals surface area contributed by atoms with E-state index in [0.717, 1.165) is 10.8 Å². The highest BCUT2D eigenvalue weighted by Crippen LogP contribution is 2.33. The van der Waals surface area contributed by atoms with E-state index >= 15 is 0 Å². The number of nitrogens with zero attached hydrogens (tertiary/aromatic N) is 1. The lowest BCUT2D eigenvalue weighted by Gasteiger charge is -2.30. The van der Waals surface area contributed by atoms with Crippen LogP contribution in [0.5, 0.6) is 0 Å². The molecule has 0 saturated heterocycles. The first-order valence-corrected chi connectivity index (χ1v) is 5.84. The van der Waals surface area contributed by atoms with Crippen molar-refractivity contribution in [2.75, 3.05) is 5.06 Å². The van der Waals surface area contributed by atoms with Gasteiger partial charge in [0.1, 0.15) is 0 Å². The Labute approximate surface area is 108 Å². The molecule has 0 amide bonds. The minimum atomic E-state index is -1.52. The van der Waals surface area contributed by atoms with E-state index in [0.29, 0.717) is 16.3 Å². The average molecular weight is 257 g/mol. The van der Waals surface area contributed by atoms with Gasteiger partial charge in [0.25, 0.3) is 0 Å². The Balaban J connectivity index is 2.24. The van der Waals surface area contributed by atoms with Crippen molar-refractivity contribution in [2.24, 2.45) is 0 Å². The number of carboxylic acids is 1. The van der Waals surface area contributed by atoms with E-state index in [1.165, 1.54) is 0 Å². The maximum atomic E-state index is 11.9. The van der Waals surface area contributed by atoms with Crippen LogP contribution in [0.4, 0.5) is 5.69 Å². The van der Waals surface area contributed by atoms with Crippen molar-refractivity contribution in [3.05, 3.63) is 42.0 Å². The van der Waals surface area contributed by atoms with Crippen LogP contribution < -0.4 is 5.06 Å². The molecule has 2 aromatic rings. The van der Waals surface area contributed by atoms with Crippen LogP contribution in [0.25, 0.3) is 10.8 Å². The van der Waals surface area contributed by atoms with Gasteiger partial charge in [-0.25, -0.2) is 9.86 Å². The third-order valence-electron chi connectivity index (χ3n) is 3.40. The van der Waals surface area contributed by atoms with Crippen molar-refractivity contribution in [3.63, 3.8) is 0 Å². The lowest BCUT2D eigenvalue weighted by atomic mass is 9.92. The molecule has 3 rings (SSSR count). The molecule has 0 aromatic heterocycles. The van der Waals surface area contributed by atoms with Crippen molar-refractivity contribution in [1.29, 1.82) is 0 Å². The van der Waals surface area contributed by atoms with Gasteiger partial charge in [-0.05, 0) is 22.4 Å². The van der Waals surface area contributed by atoms with Gasteiger partial charge in [-0.1, -0.05) is 30.3 Å². The summed E-state index contributed by atoms with van der Waals surface area (Å²) in [5, 5.41) is 21.3. The number of anilines is 1. The van der Waals surface area contributed by atoms with Crippen LogP contribution in [0.3, 0.4) is 0 Å². The van der Waals surface area contributed by atoms with E-state index in [9.17, 15) is 14.8 Å². The molecule has 1 atom stereocenters. The summed E-state index contributed by atoms with van der Waals surface area (Å²) in [6.07, 6.45) is 0.0186. The standard InChI is InChI=1S/C14H11NO4/c16-12-7-10-9-4-2-1-3-8(9)5-6-11(10)15(19)13(12)14(17)18/h1-6,13,19H,7H2,(H,17,18). The van der Waals surface area contributed by atoms with Crippen LogP contribution in [0, 0.1) is 0 Å². The summed E-state index contributed by atoms with van der Waals surface area (Å²) in [6.45, 7) is 0. The number of benzene rings is 2. The maximum absolute atomic E-state index is 11.9. The molecule has 2 aromatic carbocycles. The van der Waals surface area contributed by atoms with E-state index in [2.05, 4.69) is 0 Å². The molecule has 0 aliphatic carbocycles. The van der Waals surface area contributed by atoms with Crippen LogP contribution in [0.2, 0.25) is 0 Å². The summed E-state index contributed by atoms with van der Waals surface area (Å²) >= 11 is 0. The molecule has 2 N–H and O–H groups in total. The Hall–Kier alpha value is -2.40.